The summed E-state index contributed by atoms with van der Waals surface area (Å²) in [6, 6.07) is 7.48. The minimum absolute atomic E-state index is 0.254. The quantitative estimate of drug-likeness (QED) is 0.894. The van der Waals surface area contributed by atoms with Gasteiger partial charge in [-0.3, -0.25) is 0 Å². The zero-order chi connectivity index (χ0) is 17.6. The molecule has 1 aliphatic rings. The van der Waals surface area contributed by atoms with Gasteiger partial charge in [-0.25, -0.2) is 20.0 Å². The lowest BCUT2D eigenvalue weighted by Crippen LogP contribution is -2.12. The van der Waals surface area contributed by atoms with Crippen molar-refractivity contribution < 1.29 is 4.74 Å². The van der Waals surface area contributed by atoms with Crippen LogP contribution in [0.15, 0.2) is 52.7 Å². The summed E-state index contributed by atoms with van der Waals surface area (Å²) in [6.07, 6.45) is 7.17. The van der Waals surface area contributed by atoms with Gasteiger partial charge in [0, 0.05) is 23.5 Å². The Bertz CT molecular complexity index is 839. The van der Waals surface area contributed by atoms with E-state index in [1.807, 2.05) is 25.1 Å². The van der Waals surface area contributed by atoms with Crippen LogP contribution in [-0.4, -0.2) is 28.7 Å². The van der Waals surface area contributed by atoms with Crippen molar-refractivity contribution in [1.82, 2.24) is 9.97 Å². The van der Waals surface area contributed by atoms with Crippen molar-refractivity contribution in [3.8, 4) is 5.88 Å². The number of hydrogen-bond donors (Lipinski definition) is 2. The molecule has 3 N–H and O–H groups in total. The number of nitrogens with zero attached hydrogens (tertiary/aromatic N) is 4. The molecule has 0 fully saturated rings. The van der Waals surface area contributed by atoms with Gasteiger partial charge in [0.2, 0.25) is 11.8 Å². The molecule has 0 unspecified atom stereocenters. The summed E-state index contributed by atoms with van der Waals surface area (Å²) in [7, 11) is 1.58. The largest absolute Gasteiger partial charge is 0.481 e. The second-order valence-electron chi connectivity index (χ2n) is 5.56. The lowest BCUT2D eigenvalue weighted by Gasteiger charge is -2.13. The van der Waals surface area contributed by atoms with E-state index in [2.05, 4.69) is 31.3 Å². The molecule has 0 bridgehead atoms. The van der Waals surface area contributed by atoms with Crippen LogP contribution in [0.2, 0.25) is 0 Å². The van der Waals surface area contributed by atoms with Gasteiger partial charge in [0.05, 0.1) is 24.7 Å². The highest BCUT2D eigenvalue weighted by Gasteiger charge is 2.11. The Hall–Kier alpha value is -3.22. The van der Waals surface area contributed by atoms with E-state index in [4.69, 9.17) is 10.5 Å². The molecule has 1 aliphatic heterocycles. The van der Waals surface area contributed by atoms with Crippen molar-refractivity contribution in [3.63, 3.8) is 0 Å². The molecule has 0 amide bonds. The summed E-state index contributed by atoms with van der Waals surface area (Å²) < 4.78 is 5.08. The van der Waals surface area contributed by atoms with Gasteiger partial charge in [0.1, 0.15) is 5.82 Å². The fourth-order valence-electron chi connectivity index (χ4n) is 2.46. The van der Waals surface area contributed by atoms with Gasteiger partial charge in [0.25, 0.3) is 0 Å². The van der Waals surface area contributed by atoms with E-state index in [1.54, 1.807) is 25.6 Å². The number of guanidine groups is 1. The van der Waals surface area contributed by atoms with Gasteiger partial charge >= 0.3 is 0 Å². The monoisotopic (exact) mass is 336 g/mol. The minimum Gasteiger partial charge on any atom is -0.481 e. The van der Waals surface area contributed by atoms with Crippen LogP contribution >= 0.6 is 0 Å². The number of ether oxygens (including phenoxy) is 1. The summed E-state index contributed by atoms with van der Waals surface area (Å²) in [5, 5.41) is 3.26. The topological polar surface area (TPSA) is 97.8 Å². The molecule has 7 nitrogen and oxygen atoms in total. The van der Waals surface area contributed by atoms with Crippen molar-refractivity contribution >= 4 is 28.9 Å². The van der Waals surface area contributed by atoms with Crippen LogP contribution in [0, 0.1) is 0 Å². The van der Waals surface area contributed by atoms with Gasteiger partial charge in [-0.1, -0.05) is 6.08 Å². The number of aliphatic imine (C=N–C) groups is 2. The molecular formula is C18H20N6O. The Labute approximate surface area is 146 Å². The van der Waals surface area contributed by atoms with Gasteiger partial charge < -0.3 is 15.8 Å². The van der Waals surface area contributed by atoms with Crippen molar-refractivity contribution in [3.05, 3.63) is 48.3 Å². The molecule has 0 atom stereocenters. The van der Waals surface area contributed by atoms with Crippen molar-refractivity contribution in [2.45, 2.75) is 19.8 Å². The SMILES string of the molecule is COc1ccc(Nc2ncccc2C2=CCCC(C)=NC(N)=N2)cn1. The van der Waals surface area contributed by atoms with Crippen LogP contribution in [0.5, 0.6) is 5.88 Å². The molecule has 0 saturated heterocycles. The lowest BCUT2D eigenvalue weighted by molar-refractivity contribution is 0.398. The molecule has 2 aromatic heterocycles. The standard InChI is InChI=1S/C18H20N6O/c1-12-5-3-7-15(24-18(19)22-12)14-6-4-10-20-17(14)23-13-8-9-16(25-2)21-11-13/h4,6-11H,3,5H2,1-2H3,(H2,19,24)(H,20,23). The minimum atomic E-state index is 0.254. The number of anilines is 2. The van der Waals surface area contributed by atoms with Crippen LogP contribution in [0.1, 0.15) is 25.3 Å². The van der Waals surface area contributed by atoms with Crippen LogP contribution < -0.4 is 15.8 Å². The number of nitrogens with one attached hydrogen (secondary N) is 1. The zero-order valence-electron chi connectivity index (χ0n) is 14.2. The third kappa shape index (κ3) is 4.20. The molecule has 0 aromatic carbocycles. The van der Waals surface area contributed by atoms with Gasteiger partial charge in [-0.2, -0.15) is 0 Å². The second-order valence-corrected chi connectivity index (χ2v) is 5.56. The van der Waals surface area contributed by atoms with Crippen LogP contribution in [0.3, 0.4) is 0 Å². The molecule has 3 rings (SSSR count). The number of hydrogen-bond acceptors (Lipinski definition) is 7. The predicted octanol–water partition coefficient (Wildman–Crippen LogP) is 3.14. The molecule has 2 aromatic rings. The Morgan fingerprint density at radius 2 is 2.04 bits per heavy atom. The van der Waals surface area contributed by atoms with E-state index >= 15 is 0 Å². The number of methoxy groups -OCH3 is 1. The van der Waals surface area contributed by atoms with Crippen molar-refractivity contribution in [2.24, 2.45) is 15.7 Å². The Kier molecular flexibility index (Phi) is 5.03. The molecule has 0 radical (unpaired) electrons. The normalized spacial score (nSPS) is 14.6. The molecule has 3 heterocycles. The molecule has 7 heteroatoms. The molecule has 0 spiro atoms. The average molecular weight is 336 g/mol. The van der Waals surface area contributed by atoms with E-state index in [0.29, 0.717) is 11.7 Å². The van der Waals surface area contributed by atoms with E-state index in [1.165, 1.54) is 0 Å². The summed E-state index contributed by atoms with van der Waals surface area (Å²) in [6.45, 7) is 1.95. The predicted molar refractivity (Wildman–Crippen MR) is 100 cm³/mol. The molecule has 25 heavy (non-hydrogen) atoms. The number of allylic oxidation sites excluding steroid dienone is 1. The smallest absolute Gasteiger partial charge is 0.220 e. The van der Waals surface area contributed by atoms with Crippen LogP contribution in [0.25, 0.3) is 5.70 Å². The lowest BCUT2D eigenvalue weighted by atomic mass is 10.1. The highest BCUT2D eigenvalue weighted by Crippen LogP contribution is 2.27. The van der Waals surface area contributed by atoms with E-state index < -0.39 is 0 Å². The van der Waals surface area contributed by atoms with E-state index in [0.717, 1.165) is 35.5 Å². The molecule has 0 aliphatic carbocycles. The Balaban J connectivity index is 1.92. The molecular weight excluding hydrogens is 316 g/mol. The first-order valence-corrected chi connectivity index (χ1v) is 7.96. The third-order valence-electron chi connectivity index (χ3n) is 3.68. The summed E-state index contributed by atoms with van der Waals surface area (Å²) >= 11 is 0. The Morgan fingerprint density at radius 1 is 1.16 bits per heavy atom. The summed E-state index contributed by atoms with van der Waals surface area (Å²) in [5.41, 5.74) is 9.31. The maximum atomic E-state index is 5.91. The van der Waals surface area contributed by atoms with Gasteiger partial charge in [-0.05, 0) is 38.0 Å². The molecule has 128 valence electrons. The fraction of sp³-hybridized carbons (Fsp3) is 0.222. The third-order valence-corrected chi connectivity index (χ3v) is 3.68. The first-order chi connectivity index (χ1) is 12.2. The van der Waals surface area contributed by atoms with Crippen LogP contribution in [0.4, 0.5) is 11.5 Å². The van der Waals surface area contributed by atoms with Gasteiger partial charge in [-0.15, -0.1) is 0 Å². The number of aromatic nitrogens is 2. The Morgan fingerprint density at radius 3 is 2.80 bits per heavy atom. The van der Waals surface area contributed by atoms with Crippen LogP contribution in [-0.2, 0) is 0 Å². The highest BCUT2D eigenvalue weighted by atomic mass is 16.5. The molecule has 0 saturated carbocycles. The van der Waals surface area contributed by atoms with E-state index in [-0.39, 0.29) is 5.96 Å². The number of rotatable bonds is 4. The van der Waals surface area contributed by atoms with Crippen molar-refractivity contribution in [2.75, 3.05) is 12.4 Å². The highest BCUT2D eigenvalue weighted by molar-refractivity contribution is 5.98. The van der Waals surface area contributed by atoms with E-state index in [9.17, 15) is 0 Å². The summed E-state index contributed by atoms with van der Waals surface area (Å²) in [5.74, 6) is 1.49. The first kappa shape index (κ1) is 16.6. The van der Waals surface area contributed by atoms with Gasteiger partial charge in [0.15, 0.2) is 0 Å². The number of nitrogens with two attached hydrogens (primary N) is 1. The maximum Gasteiger partial charge on any atom is 0.220 e. The summed E-state index contributed by atoms with van der Waals surface area (Å²) in [4.78, 5) is 17.3. The first-order valence-electron chi connectivity index (χ1n) is 7.96. The maximum absolute atomic E-state index is 5.91. The zero-order valence-corrected chi connectivity index (χ0v) is 14.2. The number of pyridine rings is 2. The van der Waals surface area contributed by atoms with Crippen molar-refractivity contribution in [1.29, 1.82) is 0 Å². The second kappa shape index (κ2) is 7.57. The fourth-order valence-corrected chi connectivity index (χ4v) is 2.46. The average Bonchev–Trinajstić information content (AvgIpc) is 2.60.